The number of rotatable bonds is 7. The second-order valence-electron chi connectivity index (χ2n) is 13.4. The summed E-state index contributed by atoms with van der Waals surface area (Å²) in [5, 5.41) is 1.11. The Morgan fingerprint density at radius 2 is 0.662 bits per heavy atom. The Balaban J connectivity index is 0.000000289. The third-order valence-corrected chi connectivity index (χ3v) is 10.7. The molecule has 2 nitrogen and oxygen atoms in total. The summed E-state index contributed by atoms with van der Waals surface area (Å²) in [5.41, 5.74) is -12.5. The van der Waals surface area contributed by atoms with Gasteiger partial charge in [0.05, 0.1) is 5.39 Å². The fraction of sp³-hybridized carbons (Fsp3) is 0.0244. The average Bonchev–Trinajstić information content (AvgIpc) is 3.30. The molecular weight excluding hydrogens is 993 g/mol. The van der Waals surface area contributed by atoms with Gasteiger partial charge in [-0.25, -0.2) is 87.8 Å². The number of para-hydroxylation sites is 1. The summed E-state index contributed by atoms with van der Waals surface area (Å²) in [4.78, 5) is 12.3. The number of halogens is 21. The van der Waals surface area contributed by atoms with Crippen LogP contribution in [-0.4, -0.2) is 11.9 Å². The minimum absolute atomic E-state index is 0.114. The number of carbonyl (C=O) groups excluding carboxylic acids is 1. The van der Waals surface area contributed by atoms with E-state index in [2.05, 4.69) is 15.9 Å². The van der Waals surface area contributed by atoms with E-state index in [4.69, 9.17) is 0 Å². The molecule has 0 aliphatic heterocycles. The molecule has 0 atom stereocenters. The van der Waals surface area contributed by atoms with Crippen molar-refractivity contribution in [2.45, 2.75) is 6.54 Å². The first kappa shape index (κ1) is 48.0. The number of pyridine rings is 1. The van der Waals surface area contributed by atoms with Gasteiger partial charge in [0.25, 0.3) is 0 Å². The first-order chi connectivity index (χ1) is 30.5. The molecule has 0 aliphatic rings. The molecule has 0 spiro atoms. The monoisotopic (exact) mass is 1000 g/mol. The molecule has 0 amide bonds. The molecule has 0 saturated carbocycles. The van der Waals surface area contributed by atoms with Gasteiger partial charge in [0.15, 0.2) is 76.0 Å². The molecule has 338 valence electrons. The van der Waals surface area contributed by atoms with Crippen LogP contribution in [0.2, 0.25) is 0 Å². The maximum atomic E-state index is 15.4. The van der Waals surface area contributed by atoms with Gasteiger partial charge in [0.1, 0.15) is 52.7 Å². The van der Waals surface area contributed by atoms with Gasteiger partial charge in [0.2, 0.25) is 17.8 Å². The molecular formula is C41H13BBrF20NO. The minimum Gasteiger partial charge on any atom is -0.287 e. The van der Waals surface area contributed by atoms with Crippen LogP contribution in [0.15, 0.2) is 71.3 Å². The van der Waals surface area contributed by atoms with Crippen molar-refractivity contribution >= 4 is 60.6 Å². The zero-order valence-corrected chi connectivity index (χ0v) is 32.5. The highest BCUT2D eigenvalue weighted by atomic mass is 79.9. The Bertz CT molecular complexity index is 2730. The minimum atomic E-state index is -7.22. The number of aromatic nitrogens is 1. The molecule has 1 aromatic heterocycles. The first-order valence-corrected chi connectivity index (χ1v) is 18.1. The van der Waals surface area contributed by atoms with Crippen LogP contribution in [-0.2, 0) is 6.54 Å². The van der Waals surface area contributed by atoms with Crippen molar-refractivity contribution in [2.75, 3.05) is 0 Å². The second-order valence-corrected chi connectivity index (χ2v) is 14.3. The van der Waals surface area contributed by atoms with Crippen molar-refractivity contribution < 1.29 is 97.2 Å². The number of Topliss-reactive ketones (excluding diaryl/α,β-unsaturated/α-hetero) is 1. The maximum absolute atomic E-state index is 15.4. The SMILES string of the molecule is Fc1c(F)c(F)c([B-](c2c(F)c(F)c(F)c(F)c2F)(c2c(F)c(F)c(F)c(F)c2F)c2c(F)c(F)c(F)c(F)c2F)c(F)c1F.O=C(C[n+]1ccc(Br)c2ccccc21)c1ccccc1. The number of benzene rings is 6. The molecule has 0 saturated heterocycles. The Morgan fingerprint density at radius 1 is 0.385 bits per heavy atom. The summed E-state index contributed by atoms with van der Waals surface area (Å²) in [5.74, 6) is -71.3. The summed E-state index contributed by atoms with van der Waals surface area (Å²) in [6, 6.07) is 19.4. The van der Waals surface area contributed by atoms with Crippen LogP contribution in [0.3, 0.4) is 0 Å². The number of carbonyl (C=O) groups is 1. The molecule has 0 fully saturated rings. The number of hydrogen-bond acceptors (Lipinski definition) is 1. The summed E-state index contributed by atoms with van der Waals surface area (Å²) in [7, 11) is 0. The standard InChI is InChI=1S/C24BF20.C17H13BrNO/c26-5-1(6(27)14(35)21(42)13(5)34)25(2-7(28)15(36)22(43)16(37)8(2)29,3-9(30)17(38)23(44)18(39)10(3)31)4-11(32)19(40)24(45)20(41)12(4)33;18-15-10-11-19(16-9-5-4-8-14(15)16)12-17(20)13-6-2-1-3-7-13/h;1-11H,12H2/q-1;+1. The Labute approximate surface area is 357 Å². The van der Waals surface area contributed by atoms with Crippen LogP contribution in [0.1, 0.15) is 10.4 Å². The number of fused-ring (bicyclic) bond motifs is 1. The predicted molar refractivity (Wildman–Crippen MR) is 192 cm³/mol. The zero-order chi connectivity index (χ0) is 48.3. The normalized spacial score (nSPS) is 11.6. The Hall–Kier alpha value is -6.46. The van der Waals surface area contributed by atoms with Crippen molar-refractivity contribution in [2.24, 2.45) is 0 Å². The smallest absolute Gasteiger partial charge is 0.227 e. The highest BCUT2D eigenvalue weighted by Crippen LogP contribution is 2.31. The summed E-state index contributed by atoms with van der Waals surface area (Å²) < 4.78 is 297. The Kier molecular flexibility index (Phi) is 13.2. The molecule has 0 radical (unpaired) electrons. The van der Waals surface area contributed by atoms with Gasteiger partial charge < -0.3 is 0 Å². The van der Waals surface area contributed by atoms with Crippen molar-refractivity contribution in [1.29, 1.82) is 0 Å². The molecule has 7 aromatic rings. The highest BCUT2D eigenvalue weighted by Gasteiger charge is 2.52. The van der Waals surface area contributed by atoms with Crippen molar-refractivity contribution in [3.63, 3.8) is 0 Å². The molecule has 0 N–H and O–H groups in total. The van der Waals surface area contributed by atoms with Gasteiger partial charge in [0, 0.05) is 22.2 Å². The molecule has 1 heterocycles. The van der Waals surface area contributed by atoms with E-state index >= 15 is 35.1 Å². The summed E-state index contributed by atoms with van der Waals surface area (Å²) >= 11 is 3.54. The fourth-order valence-electron chi connectivity index (χ4n) is 7.13. The number of nitrogens with zero attached hydrogens (tertiary/aromatic N) is 1. The zero-order valence-electron chi connectivity index (χ0n) is 30.9. The number of hydrogen-bond donors (Lipinski definition) is 0. The lowest BCUT2D eigenvalue weighted by molar-refractivity contribution is -0.657. The predicted octanol–water partition coefficient (Wildman–Crippen LogP) is 9.62. The van der Waals surface area contributed by atoms with E-state index in [0.717, 1.165) is 20.9 Å². The summed E-state index contributed by atoms with van der Waals surface area (Å²) in [6.07, 6.45) is -5.28. The topological polar surface area (TPSA) is 20.9 Å². The number of ketones is 1. The van der Waals surface area contributed by atoms with Crippen LogP contribution in [0.5, 0.6) is 0 Å². The molecule has 0 unspecified atom stereocenters. The quantitative estimate of drug-likeness (QED) is 0.0390. The van der Waals surface area contributed by atoms with Crippen molar-refractivity contribution in [3.8, 4) is 0 Å². The van der Waals surface area contributed by atoms with Crippen molar-refractivity contribution in [1.82, 2.24) is 0 Å². The highest BCUT2D eigenvalue weighted by molar-refractivity contribution is 9.10. The van der Waals surface area contributed by atoms with Gasteiger partial charge in [-0.15, -0.1) is 21.9 Å². The molecule has 0 aliphatic carbocycles. The molecule has 24 heteroatoms. The van der Waals surface area contributed by atoms with Crippen LogP contribution in [0, 0.1) is 116 Å². The maximum Gasteiger partial charge on any atom is 0.227 e. The Morgan fingerprint density at radius 3 is 0.985 bits per heavy atom. The lowest BCUT2D eigenvalue weighted by Crippen LogP contribution is -2.81. The van der Waals surface area contributed by atoms with Gasteiger partial charge in [-0.1, -0.05) is 42.5 Å². The molecule has 7 rings (SSSR count). The van der Waals surface area contributed by atoms with Gasteiger partial charge in [-0.3, -0.25) is 4.79 Å². The average molecular weight is 1010 g/mol. The van der Waals surface area contributed by atoms with Gasteiger partial charge in [-0.2, -0.15) is 4.57 Å². The van der Waals surface area contributed by atoms with E-state index in [9.17, 15) is 57.5 Å². The van der Waals surface area contributed by atoms with E-state index in [0.29, 0.717) is 6.54 Å². The second kappa shape index (κ2) is 17.8. The largest absolute Gasteiger partial charge is 0.287 e. The fourth-order valence-corrected chi connectivity index (χ4v) is 7.59. The van der Waals surface area contributed by atoms with E-state index < -0.39 is 144 Å². The van der Waals surface area contributed by atoms with Gasteiger partial charge in [-0.05, 0) is 22.0 Å². The van der Waals surface area contributed by atoms with Crippen LogP contribution >= 0.6 is 15.9 Å². The van der Waals surface area contributed by atoms with E-state index in [1.54, 1.807) is 0 Å². The van der Waals surface area contributed by atoms with Gasteiger partial charge >= 0.3 is 0 Å². The molecule has 6 aromatic carbocycles. The summed E-state index contributed by atoms with van der Waals surface area (Å²) in [6.45, 7) is 0.345. The van der Waals surface area contributed by atoms with Crippen LogP contribution in [0.4, 0.5) is 87.8 Å². The van der Waals surface area contributed by atoms with Crippen LogP contribution < -0.4 is 26.4 Å². The third-order valence-electron chi connectivity index (χ3n) is 9.99. The van der Waals surface area contributed by atoms with E-state index in [1.807, 2.05) is 71.4 Å². The van der Waals surface area contributed by atoms with Crippen LogP contribution in [0.25, 0.3) is 10.9 Å². The lowest BCUT2D eigenvalue weighted by atomic mass is 9.12. The third kappa shape index (κ3) is 7.53. The van der Waals surface area contributed by atoms with E-state index in [-0.39, 0.29) is 5.78 Å². The molecule has 65 heavy (non-hydrogen) atoms. The first-order valence-electron chi connectivity index (χ1n) is 17.3. The van der Waals surface area contributed by atoms with Crippen molar-refractivity contribution in [3.05, 3.63) is 193 Å². The van der Waals surface area contributed by atoms with E-state index in [1.165, 1.54) is 0 Å². The molecule has 0 bridgehead atoms. The lowest BCUT2D eigenvalue weighted by Gasteiger charge is -2.44.